The van der Waals surface area contributed by atoms with Crippen molar-refractivity contribution in [1.29, 1.82) is 0 Å². The van der Waals surface area contributed by atoms with Crippen molar-refractivity contribution in [1.82, 2.24) is 0 Å². The Morgan fingerprint density at radius 1 is 0.733 bits per heavy atom. The summed E-state index contributed by atoms with van der Waals surface area (Å²) in [6.45, 7) is 0.270. The molecule has 0 atom stereocenters. The molecule has 1 aliphatic rings. The highest BCUT2D eigenvalue weighted by molar-refractivity contribution is 7.92. The third-order valence-corrected chi connectivity index (χ3v) is 7.14. The molecule has 0 amide bonds. The zero-order chi connectivity index (χ0) is 20.8. The van der Waals surface area contributed by atoms with Crippen LogP contribution in [0.1, 0.15) is 37.7 Å². The molecule has 0 N–H and O–H groups in total. The molecule has 1 fully saturated rings. The number of benzene rings is 3. The minimum atomic E-state index is -3.69. The molecule has 30 heavy (non-hydrogen) atoms. The number of sulfonamides is 1. The number of aliphatic imine (C=N–C) groups is 1. The van der Waals surface area contributed by atoms with Crippen molar-refractivity contribution in [3.8, 4) is 0 Å². The lowest BCUT2D eigenvalue weighted by atomic mass is 9.98. The van der Waals surface area contributed by atoms with Gasteiger partial charge in [-0.1, -0.05) is 55.0 Å². The van der Waals surface area contributed by atoms with E-state index in [1.807, 2.05) is 60.7 Å². The summed E-state index contributed by atoms with van der Waals surface area (Å²) in [5, 5.41) is 0. The van der Waals surface area contributed by atoms with Crippen molar-refractivity contribution in [2.24, 2.45) is 4.99 Å². The molecular formula is C25H26N2O2S. The van der Waals surface area contributed by atoms with Crippen molar-refractivity contribution in [3.63, 3.8) is 0 Å². The van der Waals surface area contributed by atoms with E-state index in [1.54, 1.807) is 24.3 Å². The molecule has 4 nitrogen and oxygen atoms in total. The van der Waals surface area contributed by atoms with Crippen LogP contribution in [0.15, 0.2) is 94.8 Å². The molecule has 3 aromatic rings. The van der Waals surface area contributed by atoms with Gasteiger partial charge < -0.3 is 0 Å². The second kappa shape index (κ2) is 9.26. The number of hydrogen-bond donors (Lipinski definition) is 0. The van der Waals surface area contributed by atoms with Gasteiger partial charge in [0.1, 0.15) is 0 Å². The Bertz CT molecular complexity index is 1080. The van der Waals surface area contributed by atoms with Crippen molar-refractivity contribution in [3.05, 3.63) is 90.5 Å². The van der Waals surface area contributed by atoms with Crippen molar-refractivity contribution in [2.75, 3.05) is 4.31 Å². The second-order valence-electron chi connectivity index (χ2n) is 7.57. The number of rotatable bonds is 6. The average molecular weight is 419 g/mol. The Labute approximate surface area is 179 Å². The summed E-state index contributed by atoms with van der Waals surface area (Å²) in [7, 11) is -3.69. The van der Waals surface area contributed by atoms with E-state index in [1.165, 1.54) is 29.3 Å². The van der Waals surface area contributed by atoms with Crippen LogP contribution in [-0.2, 0) is 16.6 Å². The molecule has 5 heteroatoms. The van der Waals surface area contributed by atoms with E-state index < -0.39 is 10.0 Å². The lowest BCUT2D eigenvalue weighted by molar-refractivity contribution is 0.590. The fourth-order valence-corrected chi connectivity index (χ4v) is 5.21. The zero-order valence-electron chi connectivity index (χ0n) is 16.9. The Morgan fingerprint density at radius 3 is 1.97 bits per heavy atom. The number of anilines is 1. The smallest absolute Gasteiger partial charge is 0.262 e. The predicted octanol–water partition coefficient (Wildman–Crippen LogP) is 6.12. The molecule has 0 spiro atoms. The first kappa shape index (κ1) is 20.4. The molecule has 0 unspecified atom stereocenters. The van der Waals surface area contributed by atoms with Gasteiger partial charge >= 0.3 is 0 Å². The lowest BCUT2D eigenvalue weighted by Gasteiger charge is -2.25. The van der Waals surface area contributed by atoms with Gasteiger partial charge in [-0.2, -0.15) is 0 Å². The third-order valence-electron chi connectivity index (χ3n) is 5.36. The zero-order valence-corrected chi connectivity index (χ0v) is 17.8. The standard InChI is InChI=1S/C25H26N2O2S/c28-30(29,25-14-8-3-9-15-25)27(20-21-10-4-1-5-11-21)24-18-16-23(17-19-24)26-22-12-6-2-7-13-22/h1,3-5,8-11,14-19H,2,6-7,12-13,20H2. The first-order chi connectivity index (χ1) is 14.6. The minimum Gasteiger partial charge on any atom is -0.262 e. The summed E-state index contributed by atoms with van der Waals surface area (Å²) in [6.07, 6.45) is 5.81. The fraction of sp³-hybridized carbons (Fsp3) is 0.240. The highest BCUT2D eigenvalue weighted by Crippen LogP contribution is 2.28. The van der Waals surface area contributed by atoms with Crippen LogP contribution in [0.3, 0.4) is 0 Å². The molecule has 0 saturated heterocycles. The van der Waals surface area contributed by atoms with Gasteiger partial charge in [0, 0.05) is 5.71 Å². The summed E-state index contributed by atoms with van der Waals surface area (Å²) in [4.78, 5) is 5.06. The number of nitrogens with zero attached hydrogens (tertiary/aromatic N) is 2. The van der Waals surface area contributed by atoms with Gasteiger partial charge in [0.15, 0.2) is 0 Å². The van der Waals surface area contributed by atoms with Gasteiger partial charge in [-0.3, -0.25) is 9.30 Å². The summed E-state index contributed by atoms with van der Waals surface area (Å²) in [5.41, 5.74) is 3.69. The maximum absolute atomic E-state index is 13.4. The molecule has 1 aliphatic carbocycles. The van der Waals surface area contributed by atoms with E-state index in [-0.39, 0.29) is 11.4 Å². The van der Waals surface area contributed by atoms with Crippen molar-refractivity contribution in [2.45, 2.75) is 43.5 Å². The molecule has 0 heterocycles. The lowest BCUT2D eigenvalue weighted by Crippen LogP contribution is -2.30. The van der Waals surface area contributed by atoms with E-state index in [2.05, 4.69) is 0 Å². The van der Waals surface area contributed by atoms with Crippen LogP contribution in [0.25, 0.3) is 0 Å². The topological polar surface area (TPSA) is 49.7 Å². The molecule has 3 aromatic carbocycles. The summed E-state index contributed by atoms with van der Waals surface area (Å²) in [5.74, 6) is 0. The highest BCUT2D eigenvalue weighted by atomic mass is 32.2. The fourth-order valence-electron chi connectivity index (χ4n) is 3.73. The maximum atomic E-state index is 13.4. The Hall–Kier alpha value is -2.92. The van der Waals surface area contributed by atoms with Gasteiger partial charge in [0.25, 0.3) is 10.0 Å². The first-order valence-corrected chi connectivity index (χ1v) is 11.9. The first-order valence-electron chi connectivity index (χ1n) is 10.4. The van der Waals surface area contributed by atoms with Crippen LogP contribution in [-0.4, -0.2) is 14.1 Å². The van der Waals surface area contributed by atoms with Gasteiger partial charge in [0.2, 0.25) is 0 Å². The Balaban J connectivity index is 1.67. The largest absolute Gasteiger partial charge is 0.264 e. The van der Waals surface area contributed by atoms with E-state index in [9.17, 15) is 8.42 Å². The Kier molecular flexibility index (Phi) is 6.29. The summed E-state index contributed by atoms with van der Waals surface area (Å²) >= 11 is 0. The monoisotopic (exact) mass is 418 g/mol. The molecule has 0 bridgehead atoms. The second-order valence-corrected chi connectivity index (χ2v) is 9.43. The summed E-state index contributed by atoms with van der Waals surface area (Å²) in [6, 6.07) is 25.8. The van der Waals surface area contributed by atoms with Crippen LogP contribution >= 0.6 is 0 Å². The Morgan fingerprint density at radius 2 is 1.33 bits per heavy atom. The molecule has 1 saturated carbocycles. The van der Waals surface area contributed by atoms with Crippen LogP contribution in [0, 0.1) is 0 Å². The van der Waals surface area contributed by atoms with Crippen molar-refractivity contribution < 1.29 is 8.42 Å². The van der Waals surface area contributed by atoms with Crippen LogP contribution in [0.5, 0.6) is 0 Å². The van der Waals surface area contributed by atoms with Gasteiger partial charge in [-0.05, 0) is 67.6 Å². The van der Waals surface area contributed by atoms with Crippen LogP contribution in [0.2, 0.25) is 0 Å². The van der Waals surface area contributed by atoms with Crippen LogP contribution < -0.4 is 4.31 Å². The normalized spacial score (nSPS) is 14.3. The average Bonchev–Trinajstić information content (AvgIpc) is 2.80. The molecule has 0 aliphatic heterocycles. The minimum absolute atomic E-state index is 0.270. The van der Waals surface area contributed by atoms with E-state index in [0.717, 1.165) is 24.1 Å². The van der Waals surface area contributed by atoms with Crippen molar-refractivity contribution >= 4 is 27.1 Å². The van der Waals surface area contributed by atoms with Gasteiger partial charge in [-0.25, -0.2) is 8.42 Å². The SMILES string of the molecule is O=S(=O)(c1ccccc1)N(Cc1ccccc1)c1ccc(N=C2CCCCC2)cc1. The van der Waals surface area contributed by atoms with Gasteiger partial charge in [-0.15, -0.1) is 0 Å². The highest BCUT2D eigenvalue weighted by Gasteiger charge is 2.25. The molecular weight excluding hydrogens is 392 g/mol. The number of hydrogen-bond acceptors (Lipinski definition) is 3. The molecule has 4 rings (SSSR count). The van der Waals surface area contributed by atoms with E-state index in [0.29, 0.717) is 5.69 Å². The predicted molar refractivity (Wildman–Crippen MR) is 123 cm³/mol. The third kappa shape index (κ3) is 4.79. The maximum Gasteiger partial charge on any atom is 0.264 e. The quantitative estimate of drug-likeness (QED) is 0.484. The molecule has 0 radical (unpaired) electrons. The van der Waals surface area contributed by atoms with Crippen LogP contribution in [0.4, 0.5) is 11.4 Å². The van der Waals surface area contributed by atoms with Gasteiger partial charge in [0.05, 0.1) is 22.8 Å². The summed E-state index contributed by atoms with van der Waals surface area (Å²) < 4.78 is 28.3. The van der Waals surface area contributed by atoms with E-state index >= 15 is 0 Å². The van der Waals surface area contributed by atoms with E-state index in [4.69, 9.17) is 4.99 Å². The molecule has 154 valence electrons. The molecule has 0 aromatic heterocycles.